The minimum Gasteiger partial charge on any atom is -0.355 e. The highest BCUT2D eigenvalue weighted by Crippen LogP contribution is 2.22. The zero-order valence-corrected chi connectivity index (χ0v) is 12.2. The van der Waals surface area contributed by atoms with E-state index >= 15 is 0 Å². The lowest BCUT2D eigenvalue weighted by Gasteiger charge is -2.14. The summed E-state index contributed by atoms with van der Waals surface area (Å²) in [6.07, 6.45) is -0.681. The molecule has 1 rings (SSSR count). The minimum atomic E-state index is -3.75. The predicted octanol–water partition coefficient (Wildman–Crippen LogP) is 1.49. The molecule has 0 bridgehead atoms. The first-order chi connectivity index (χ1) is 8.40. The van der Waals surface area contributed by atoms with Crippen LogP contribution in [0.15, 0.2) is 27.6 Å². The summed E-state index contributed by atoms with van der Waals surface area (Å²) in [6, 6.07) is 3.33. The zero-order chi connectivity index (χ0) is 13.8. The second-order valence-electron chi connectivity index (χ2n) is 3.33. The van der Waals surface area contributed by atoms with Crippen molar-refractivity contribution in [2.75, 3.05) is 20.8 Å². The van der Waals surface area contributed by atoms with Gasteiger partial charge in [-0.2, -0.15) is 0 Å². The van der Waals surface area contributed by atoms with Crippen LogP contribution in [0, 0.1) is 5.82 Å². The first-order valence-electron chi connectivity index (χ1n) is 4.91. The van der Waals surface area contributed by atoms with Crippen molar-refractivity contribution in [3.05, 3.63) is 28.5 Å². The van der Waals surface area contributed by atoms with E-state index in [9.17, 15) is 12.8 Å². The fourth-order valence-corrected chi connectivity index (χ4v) is 3.28. The van der Waals surface area contributed by atoms with Crippen LogP contribution in [0.25, 0.3) is 0 Å². The van der Waals surface area contributed by atoms with Crippen molar-refractivity contribution < 1.29 is 22.3 Å². The number of nitrogens with one attached hydrogen (secondary N) is 1. The van der Waals surface area contributed by atoms with E-state index in [1.165, 1.54) is 20.3 Å². The molecule has 0 aliphatic rings. The second kappa shape index (κ2) is 6.58. The highest BCUT2D eigenvalue weighted by molar-refractivity contribution is 9.10. The Morgan fingerprint density at radius 1 is 1.39 bits per heavy atom. The van der Waals surface area contributed by atoms with Gasteiger partial charge in [-0.05, 0) is 34.1 Å². The number of ether oxygens (including phenoxy) is 2. The van der Waals surface area contributed by atoms with E-state index in [1.807, 2.05) is 0 Å². The maximum absolute atomic E-state index is 12.9. The maximum atomic E-state index is 12.9. The number of sulfonamides is 1. The largest absolute Gasteiger partial charge is 0.355 e. The molecule has 8 heteroatoms. The lowest BCUT2D eigenvalue weighted by Crippen LogP contribution is -2.34. The van der Waals surface area contributed by atoms with Crippen LogP contribution < -0.4 is 4.72 Å². The van der Waals surface area contributed by atoms with Gasteiger partial charge in [0.15, 0.2) is 6.29 Å². The maximum Gasteiger partial charge on any atom is 0.241 e. The number of halogens is 2. The van der Waals surface area contributed by atoms with Crippen molar-refractivity contribution >= 4 is 26.0 Å². The molecule has 0 aromatic heterocycles. The van der Waals surface area contributed by atoms with E-state index in [0.717, 1.165) is 12.1 Å². The van der Waals surface area contributed by atoms with Crippen molar-refractivity contribution in [1.82, 2.24) is 4.72 Å². The molecule has 0 aliphatic carbocycles. The van der Waals surface area contributed by atoms with E-state index < -0.39 is 22.1 Å². The Morgan fingerprint density at radius 3 is 2.50 bits per heavy atom. The highest BCUT2D eigenvalue weighted by atomic mass is 79.9. The molecule has 0 amide bonds. The van der Waals surface area contributed by atoms with Gasteiger partial charge in [-0.15, -0.1) is 0 Å². The molecule has 1 aromatic carbocycles. The SMILES string of the molecule is COC(CNS(=O)(=O)c1ccc(F)cc1Br)OC. The molecule has 1 aromatic rings. The summed E-state index contributed by atoms with van der Waals surface area (Å²) < 4.78 is 48.9. The summed E-state index contributed by atoms with van der Waals surface area (Å²) in [5.41, 5.74) is 0. The first kappa shape index (κ1) is 15.5. The standard InChI is InChI=1S/C10H13BrFNO4S/c1-16-10(17-2)6-13-18(14,15)9-4-3-7(12)5-8(9)11/h3-5,10,13H,6H2,1-2H3. The Morgan fingerprint density at radius 2 is 2.00 bits per heavy atom. The smallest absolute Gasteiger partial charge is 0.241 e. The molecular formula is C10H13BrFNO4S. The summed E-state index contributed by atoms with van der Waals surface area (Å²) >= 11 is 3.00. The number of hydrogen-bond donors (Lipinski definition) is 1. The van der Waals surface area contributed by atoms with Crippen molar-refractivity contribution in [3.63, 3.8) is 0 Å². The van der Waals surface area contributed by atoms with Crippen LogP contribution in [0.5, 0.6) is 0 Å². The minimum absolute atomic E-state index is 0.0425. The van der Waals surface area contributed by atoms with Crippen LogP contribution in [0.2, 0.25) is 0 Å². The third-order valence-corrected chi connectivity index (χ3v) is 4.55. The van der Waals surface area contributed by atoms with Crippen LogP contribution in [-0.2, 0) is 19.5 Å². The number of methoxy groups -OCH3 is 2. The Hall–Kier alpha value is -0.540. The van der Waals surface area contributed by atoms with Gasteiger partial charge in [-0.3, -0.25) is 0 Å². The molecule has 0 saturated heterocycles. The average Bonchev–Trinajstić information content (AvgIpc) is 2.29. The van der Waals surface area contributed by atoms with Crippen LogP contribution in [-0.4, -0.2) is 35.5 Å². The van der Waals surface area contributed by atoms with Gasteiger partial charge in [0.2, 0.25) is 10.0 Å². The molecule has 102 valence electrons. The summed E-state index contributed by atoms with van der Waals surface area (Å²) in [7, 11) is -0.948. The van der Waals surface area contributed by atoms with Crippen LogP contribution >= 0.6 is 15.9 Å². The molecule has 18 heavy (non-hydrogen) atoms. The van der Waals surface area contributed by atoms with Gasteiger partial charge < -0.3 is 9.47 Å². The molecule has 0 atom stereocenters. The molecular weight excluding hydrogens is 329 g/mol. The third kappa shape index (κ3) is 3.99. The first-order valence-corrected chi connectivity index (χ1v) is 7.18. The van der Waals surface area contributed by atoms with Crippen molar-refractivity contribution in [1.29, 1.82) is 0 Å². The third-order valence-electron chi connectivity index (χ3n) is 2.15. The van der Waals surface area contributed by atoms with Gasteiger partial charge in [0.05, 0.1) is 11.4 Å². The van der Waals surface area contributed by atoms with E-state index in [-0.39, 0.29) is 15.9 Å². The predicted molar refractivity (Wildman–Crippen MR) is 67.1 cm³/mol. The second-order valence-corrected chi connectivity index (χ2v) is 5.92. The lowest BCUT2D eigenvalue weighted by molar-refractivity contribution is -0.0960. The van der Waals surface area contributed by atoms with Gasteiger partial charge >= 0.3 is 0 Å². The fourth-order valence-electron chi connectivity index (χ4n) is 1.21. The van der Waals surface area contributed by atoms with Gasteiger partial charge in [-0.1, -0.05) is 0 Å². The number of hydrogen-bond acceptors (Lipinski definition) is 4. The Balaban J connectivity index is 2.86. The van der Waals surface area contributed by atoms with Gasteiger partial charge in [-0.25, -0.2) is 17.5 Å². The van der Waals surface area contributed by atoms with Crippen molar-refractivity contribution in [2.24, 2.45) is 0 Å². The van der Waals surface area contributed by atoms with Crippen molar-refractivity contribution in [3.8, 4) is 0 Å². The zero-order valence-electron chi connectivity index (χ0n) is 9.81. The van der Waals surface area contributed by atoms with E-state index in [2.05, 4.69) is 20.7 Å². The molecule has 1 N–H and O–H groups in total. The summed E-state index contributed by atoms with van der Waals surface area (Å²) in [5.74, 6) is -0.521. The molecule has 5 nitrogen and oxygen atoms in total. The molecule has 0 saturated carbocycles. The topological polar surface area (TPSA) is 64.6 Å². The van der Waals surface area contributed by atoms with Crippen molar-refractivity contribution in [2.45, 2.75) is 11.2 Å². The molecule has 0 radical (unpaired) electrons. The quantitative estimate of drug-likeness (QED) is 0.796. The van der Waals surface area contributed by atoms with Crippen LogP contribution in [0.4, 0.5) is 4.39 Å². The number of benzene rings is 1. The summed E-state index contributed by atoms with van der Waals surface area (Å²) in [6.45, 7) is -0.0425. The van der Waals surface area contributed by atoms with Crippen LogP contribution in [0.3, 0.4) is 0 Å². The monoisotopic (exact) mass is 341 g/mol. The van der Waals surface area contributed by atoms with Gasteiger partial charge in [0.25, 0.3) is 0 Å². The summed E-state index contributed by atoms with van der Waals surface area (Å²) in [4.78, 5) is -0.0464. The Bertz CT molecular complexity index is 505. The molecule has 0 fully saturated rings. The van der Waals surface area contributed by atoms with E-state index in [0.29, 0.717) is 0 Å². The van der Waals surface area contributed by atoms with Gasteiger partial charge in [0, 0.05) is 18.7 Å². The lowest BCUT2D eigenvalue weighted by atomic mass is 10.3. The highest BCUT2D eigenvalue weighted by Gasteiger charge is 2.19. The summed E-state index contributed by atoms with van der Waals surface area (Å²) in [5, 5.41) is 0. The molecule has 0 heterocycles. The Kier molecular flexibility index (Phi) is 5.67. The number of rotatable bonds is 6. The van der Waals surface area contributed by atoms with Gasteiger partial charge in [0.1, 0.15) is 5.82 Å². The van der Waals surface area contributed by atoms with Crippen LogP contribution in [0.1, 0.15) is 0 Å². The molecule has 0 spiro atoms. The van der Waals surface area contributed by atoms with E-state index in [4.69, 9.17) is 9.47 Å². The molecule has 0 unspecified atom stereocenters. The fraction of sp³-hybridized carbons (Fsp3) is 0.400. The molecule has 0 aliphatic heterocycles. The Labute approximate surface area is 113 Å². The van der Waals surface area contributed by atoms with E-state index in [1.54, 1.807) is 0 Å². The average molecular weight is 342 g/mol. The normalized spacial score (nSPS) is 12.1.